The van der Waals surface area contributed by atoms with E-state index in [0.717, 1.165) is 46.8 Å². The summed E-state index contributed by atoms with van der Waals surface area (Å²) in [5, 5.41) is 15.1. The van der Waals surface area contributed by atoms with Crippen LogP contribution in [0.25, 0.3) is 0 Å². The second-order valence-corrected chi connectivity index (χ2v) is 8.39. The van der Waals surface area contributed by atoms with Crippen molar-refractivity contribution in [3.05, 3.63) is 29.8 Å². The highest BCUT2D eigenvalue weighted by Crippen LogP contribution is 2.25. The second-order valence-electron chi connectivity index (χ2n) is 6.19. The number of rotatable bonds is 10. The number of ether oxygens (including phenoxy) is 2. The van der Waals surface area contributed by atoms with Gasteiger partial charge in [-0.2, -0.15) is 0 Å². The molecular formula is C18H24N4O3S2. The molecule has 1 unspecified atom stereocenters. The first kappa shape index (κ1) is 19.9. The van der Waals surface area contributed by atoms with Gasteiger partial charge in [-0.15, -0.1) is 10.2 Å². The highest BCUT2D eigenvalue weighted by Gasteiger charge is 2.16. The van der Waals surface area contributed by atoms with Gasteiger partial charge in [0.25, 0.3) is 0 Å². The first-order valence-electron chi connectivity index (χ1n) is 8.97. The van der Waals surface area contributed by atoms with E-state index in [2.05, 4.69) is 20.8 Å². The van der Waals surface area contributed by atoms with Crippen molar-refractivity contribution in [1.29, 1.82) is 0 Å². The maximum atomic E-state index is 11.9. The largest absolute Gasteiger partial charge is 0.492 e. The van der Waals surface area contributed by atoms with Crippen LogP contribution < -0.4 is 15.4 Å². The number of hydrogen-bond acceptors (Lipinski definition) is 8. The average Bonchev–Trinajstić information content (AvgIpc) is 3.33. The van der Waals surface area contributed by atoms with E-state index in [0.29, 0.717) is 18.9 Å². The van der Waals surface area contributed by atoms with Crippen LogP contribution in [0, 0.1) is 6.92 Å². The maximum Gasteiger partial charge on any atom is 0.230 e. The van der Waals surface area contributed by atoms with Crippen LogP contribution in [0.15, 0.2) is 28.6 Å². The number of nitrogens with zero attached hydrogens (tertiary/aromatic N) is 2. The monoisotopic (exact) mass is 408 g/mol. The van der Waals surface area contributed by atoms with E-state index in [1.54, 1.807) is 0 Å². The van der Waals surface area contributed by atoms with Crippen LogP contribution >= 0.6 is 23.1 Å². The number of carbonyl (C=O) groups is 1. The molecule has 146 valence electrons. The van der Waals surface area contributed by atoms with E-state index in [1.165, 1.54) is 23.1 Å². The summed E-state index contributed by atoms with van der Waals surface area (Å²) in [4.78, 5) is 11.9. The fourth-order valence-electron chi connectivity index (χ4n) is 2.59. The molecule has 0 saturated carbocycles. The van der Waals surface area contributed by atoms with Gasteiger partial charge < -0.3 is 20.1 Å². The summed E-state index contributed by atoms with van der Waals surface area (Å²) in [7, 11) is 0. The van der Waals surface area contributed by atoms with Crippen LogP contribution in [0.5, 0.6) is 5.75 Å². The summed E-state index contributed by atoms with van der Waals surface area (Å²) >= 11 is 2.84. The summed E-state index contributed by atoms with van der Waals surface area (Å²) in [6.07, 6.45) is 2.47. The van der Waals surface area contributed by atoms with Crippen molar-refractivity contribution in [2.24, 2.45) is 0 Å². The minimum atomic E-state index is -0.0445. The van der Waals surface area contributed by atoms with Crippen molar-refractivity contribution in [1.82, 2.24) is 15.5 Å². The van der Waals surface area contributed by atoms with Crippen LogP contribution in [-0.2, 0) is 9.53 Å². The molecule has 1 aliphatic rings. The zero-order chi connectivity index (χ0) is 18.9. The van der Waals surface area contributed by atoms with Crippen LogP contribution in [0.2, 0.25) is 0 Å². The molecule has 0 bridgehead atoms. The zero-order valence-electron chi connectivity index (χ0n) is 15.3. The van der Waals surface area contributed by atoms with Crippen molar-refractivity contribution < 1.29 is 14.3 Å². The molecule has 9 heteroatoms. The average molecular weight is 409 g/mol. The quantitative estimate of drug-likeness (QED) is 0.462. The standard InChI is InChI=1S/C18H24N4O3S2/c1-13-4-2-5-14(10-13)25-9-7-19-16(23)12-26-18-22-21-17(27-18)20-11-15-6-3-8-24-15/h2,4-5,10,15H,3,6-9,11-12H2,1H3,(H,19,23)(H,20,21). The number of nitrogens with one attached hydrogen (secondary N) is 2. The lowest BCUT2D eigenvalue weighted by Crippen LogP contribution is -2.29. The smallest absolute Gasteiger partial charge is 0.230 e. The van der Waals surface area contributed by atoms with E-state index in [-0.39, 0.29) is 12.0 Å². The summed E-state index contributed by atoms with van der Waals surface area (Å²) in [5.41, 5.74) is 1.15. The number of amides is 1. The lowest BCUT2D eigenvalue weighted by Gasteiger charge is -2.08. The summed E-state index contributed by atoms with van der Waals surface area (Å²) in [6, 6.07) is 7.84. The van der Waals surface area contributed by atoms with Crippen molar-refractivity contribution in [2.75, 3.05) is 37.4 Å². The van der Waals surface area contributed by atoms with Gasteiger partial charge in [0.05, 0.1) is 18.4 Å². The van der Waals surface area contributed by atoms with Gasteiger partial charge in [-0.05, 0) is 37.5 Å². The highest BCUT2D eigenvalue weighted by atomic mass is 32.2. The predicted octanol–water partition coefficient (Wildman–Crippen LogP) is 2.72. The molecule has 2 heterocycles. The molecule has 2 N–H and O–H groups in total. The van der Waals surface area contributed by atoms with Gasteiger partial charge in [0.15, 0.2) is 4.34 Å². The first-order chi connectivity index (χ1) is 13.2. The number of aromatic nitrogens is 2. The van der Waals surface area contributed by atoms with Gasteiger partial charge >= 0.3 is 0 Å². The molecule has 1 aliphatic heterocycles. The Kier molecular flexibility index (Phi) is 7.73. The second kappa shape index (κ2) is 10.5. The van der Waals surface area contributed by atoms with Crippen molar-refractivity contribution in [2.45, 2.75) is 30.2 Å². The third-order valence-corrected chi connectivity index (χ3v) is 5.93. The minimum Gasteiger partial charge on any atom is -0.492 e. The molecule has 0 aliphatic carbocycles. The zero-order valence-corrected chi connectivity index (χ0v) is 16.9. The molecule has 1 aromatic heterocycles. The number of thioether (sulfide) groups is 1. The Morgan fingerprint density at radius 1 is 1.44 bits per heavy atom. The molecule has 0 radical (unpaired) electrons. The molecule has 1 amide bonds. The fraction of sp³-hybridized carbons (Fsp3) is 0.500. The topological polar surface area (TPSA) is 85.4 Å². The van der Waals surface area contributed by atoms with E-state index in [9.17, 15) is 4.79 Å². The number of hydrogen-bond donors (Lipinski definition) is 2. The molecule has 1 atom stereocenters. The molecule has 1 saturated heterocycles. The Morgan fingerprint density at radius 2 is 2.37 bits per heavy atom. The third kappa shape index (κ3) is 7.00. The molecule has 27 heavy (non-hydrogen) atoms. The Labute approximate surface area is 167 Å². The molecule has 3 rings (SSSR count). The Balaban J connectivity index is 1.28. The molecule has 1 fully saturated rings. The minimum absolute atomic E-state index is 0.0445. The normalized spacial score (nSPS) is 16.3. The van der Waals surface area contributed by atoms with Crippen molar-refractivity contribution >= 4 is 34.1 Å². The lowest BCUT2D eigenvalue weighted by atomic mass is 10.2. The third-order valence-electron chi connectivity index (χ3n) is 3.92. The van der Waals surface area contributed by atoms with E-state index in [4.69, 9.17) is 9.47 Å². The summed E-state index contributed by atoms with van der Waals surface area (Å²) < 4.78 is 12.0. The fourth-order valence-corrected chi connectivity index (χ4v) is 4.18. The van der Waals surface area contributed by atoms with Gasteiger partial charge in [0.1, 0.15) is 12.4 Å². The summed E-state index contributed by atoms with van der Waals surface area (Å²) in [5.74, 6) is 1.08. The van der Waals surface area contributed by atoms with Crippen LogP contribution in [0.4, 0.5) is 5.13 Å². The van der Waals surface area contributed by atoms with Crippen molar-refractivity contribution in [3.63, 3.8) is 0 Å². The Bertz CT molecular complexity index is 735. The van der Waals surface area contributed by atoms with Gasteiger partial charge in [-0.25, -0.2) is 0 Å². The van der Waals surface area contributed by atoms with Crippen LogP contribution in [0.1, 0.15) is 18.4 Å². The van der Waals surface area contributed by atoms with E-state index >= 15 is 0 Å². The van der Waals surface area contributed by atoms with Gasteiger partial charge in [-0.3, -0.25) is 4.79 Å². The number of anilines is 1. The van der Waals surface area contributed by atoms with Gasteiger partial charge in [0, 0.05) is 13.2 Å². The number of carbonyl (C=O) groups excluding carboxylic acids is 1. The van der Waals surface area contributed by atoms with Crippen molar-refractivity contribution in [3.8, 4) is 5.75 Å². The Hall–Kier alpha value is -1.84. The molecular weight excluding hydrogens is 384 g/mol. The van der Waals surface area contributed by atoms with Crippen LogP contribution in [-0.4, -0.2) is 54.3 Å². The molecule has 1 aromatic carbocycles. The molecule has 2 aromatic rings. The lowest BCUT2D eigenvalue weighted by molar-refractivity contribution is -0.118. The Morgan fingerprint density at radius 3 is 3.19 bits per heavy atom. The molecule has 7 nitrogen and oxygen atoms in total. The van der Waals surface area contributed by atoms with Gasteiger partial charge in [0.2, 0.25) is 11.0 Å². The number of benzene rings is 1. The first-order valence-corrected chi connectivity index (χ1v) is 10.8. The number of aryl methyl sites for hydroxylation is 1. The summed E-state index contributed by atoms with van der Waals surface area (Å²) in [6.45, 7) is 4.52. The predicted molar refractivity (Wildman–Crippen MR) is 108 cm³/mol. The van der Waals surface area contributed by atoms with E-state index < -0.39 is 0 Å². The maximum absolute atomic E-state index is 11.9. The van der Waals surface area contributed by atoms with Crippen LogP contribution in [0.3, 0.4) is 0 Å². The highest BCUT2D eigenvalue weighted by molar-refractivity contribution is 8.01. The van der Waals surface area contributed by atoms with E-state index in [1.807, 2.05) is 31.2 Å². The van der Waals surface area contributed by atoms with Gasteiger partial charge in [-0.1, -0.05) is 35.2 Å². The molecule has 0 spiro atoms. The SMILES string of the molecule is Cc1cccc(OCCNC(=O)CSc2nnc(NCC3CCCO3)s2)c1.